The molecule has 2 N–H and O–H groups in total. The van der Waals surface area contributed by atoms with Gasteiger partial charge in [0, 0.05) is 7.05 Å². The molecule has 0 saturated heterocycles. The number of esters is 1. The average molecular weight is 196 g/mol. The summed E-state index contributed by atoms with van der Waals surface area (Å²) in [4.78, 5) is 11.6. The van der Waals surface area contributed by atoms with Gasteiger partial charge in [-0.1, -0.05) is 0 Å². The Hall–Kier alpha value is -1.45. The van der Waals surface area contributed by atoms with Gasteiger partial charge in [-0.3, -0.25) is 0 Å². The van der Waals surface area contributed by atoms with Crippen LogP contribution in [-0.2, 0) is 11.8 Å². The maximum absolute atomic E-state index is 11.6. The Balaban J connectivity index is 2.86. The maximum Gasteiger partial charge on any atom is 0.355 e. The number of carbonyl (C=O) groups excluding carboxylic acids is 1. The van der Waals surface area contributed by atoms with Crippen LogP contribution in [0.1, 0.15) is 31.3 Å². The molecule has 14 heavy (non-hydrogen) atoms. The quantitative estimate of drug-likeness (QED) is 0.693. The number of nitrogen functional groups attached to an aromatic ring is 1. The number of nitrogens with zero attached hydrogens (tertiary/aromatic N) is 1. The molecule has 0 bridgehead atoms. The molecule has 0 saturated carbocycles. The molecule has 0 radical (unpaired) electrons. The second-order valence-electron chi connectivity index (χ2n) is 4.20. The summed E-state index contributed by atoms with van der Waals surface area (Å²) in [5, 5.41) is 0. The summed E-state index contributed by atoms with van der Waals surface area (Å²) in [6, 6.07) is 3.34. The monoisotopic (exact) mass is 196 g/mol. The topological polar surface area (TPSA) is 57.2 Å². The SMILES string of the molecule is Cn1c(N)ccc1C(=O)OC(C)(C)C. The van der Waals surface area contributed by atoms with Crippen LogP contribution in [0.3, 0.4) is 0 Å². The lowest BCUT2D eigenvalue weighted by Crippen LogP contribution is -2.25. The molecule has 0 aliphatic rings. The van der Waals surface area contributed by atoms with E-state index in [4.69, 9.17) is 10.5 Å². The van der Waals surface area contributed by atoms with Crippen molar-refractivity contribution in [1.29, 1.82) is 0 Å². The second-order valence-corrected chi connectivity index (χ2v) is 4.20. The predicted molar refractivity (Wildman–Crippen MR) is 55.0 cm³/mol. The van der Waals surface area contributed by atoms with Crippen LogP contribution in [0.15, 0.2) is 12.1 Å². The molecular weight excluding hydrogens is 180 g/mol. The van der Waals surface area contributed by atoms with Crippen molar-refractivity contribution < 1.29 is 9.53 Å². The van der Waals surface area contributed by atoms with E-state index in [2.05, 4.69) is 0 Å². The second kappa shape index (κ2) is 3.36. The van der Waals surface area contributed by atoms with Gasteiger partial charge in [-0.25, -0.2) is 4.79 Å². The molecule has 1 aromatic heterocycles. The molecule has 0 amide bonds. The molecule has 78 valence electrons. The average Bonchev–Trinajstić information content (AvgIpc) is 2.29. The van der Waals surface area contributed by atoms with E-state index in [1.165, 1.54) is 0 Å². The van der Waals surface area contributed by atoms with Gasteiger partial charge in [-0.2, -0.15) is 0 Å². The fourth-order valence-corrected chi connectivity index (χ4v) is 1.06. The summed E-state index contributed by atoms with van der Waals surface area (Å²) in [6.07, 6.45) is 0. The van der Waals surface area contributed by atoms with Crippen LogP contribution in [-0.4, -0.2) is 16.1 Å². The fraction of sp³-hybridized carbons (Fsp3) is 0.500. The zero-order chi connectivity index (χ0) is 10.9. The molecule has 1 heterocycles. The standard InChI is InChI=1S/C10H16N2O2/c1-10(2,3)14-9(13)7-5-6-8(11)12(7)4/h5-6H,11H2,1-4H3. The minimum Gasteiger partial charge on any atom is -0.455 e. The van der Waals surface area contributed by atoms with E-state index in [0.717, 1.165) is 0 Å². The summed E-state index contributed by atoms with van der Waals surface area (Å²) in [6.45, 7) is 5.49. The molecule has 0 atom stereocenters. The highest BCUT2D eigenvalue weighted by molar-refractivity contribution is 5.88. The number of hydrogen-bond acceptors (Lipinski definition) is 3. The molecule has 0 aliphatic heterocycles. The highest BCUT2D eigenvalue weighted by atomic mass is 16.6. The van der Waals surface area contributed by atoms with Crippen molar-refractivity contribution in [2.24, 2.45) is 7.05 Å². The van der Waals surface area contributed by atoms with Crippen molar-refractivity contribution in [3.8, 4) is 0 Å². The fourth-order valence-electron chi connectivity index (χ4n) is 1.06. The van der Waals surface area contributed by atoms with Crippen molar-refractivity contribution in [2.45, 2.75) is 26.4 Å². The predicted octanol–water partition coefficient (Wildman–Crippen LogP) is 1.56. The van der Waals surface area contributed by atoms with Gasteiger partial charge in [0.2, 0.25) is 0 Å². The number of aromatic nitrogens is 1. The molecule has 1 aromatic rings. The first-order valence-corrected chi connectivity index (χ1v) is 4.46. The van der Waals surface area contributed by atoms with Crippen LogP contribution in [0.25, 0.3) is 0 Å². The van der Waals surface area contributed by atoms with Crippen LogP contribution in [0.4, 0.5) is 5.82 Å². The third-order valence-corrected chi connectivity index (χ3v) is 1.77. The minimum absolute atomic E-state index is 0.350. The summed E-state index contributed by atoms with van der Waals surface area (Å²) in [5.74, 6) is 0.197. The van der Waals surface area contributed by atoms with Crippen molar-refractivity contribution in [3.63, 3.8) is 0 Å². The van der Waals surface area contributed by atoms with E-state index in [9.17, 15) is 4.79 Å². The molecule has 0 aliphatic carbocycles. The molecule has 1 rings (SSSR count). The highest BCUT2D eigenvalue weighted by Crippen LogP contribution is 2.14. The Bertz CT molecular complexity index is 347. The van der Waals surface area contributed by atoms with Gasteiger partial charge in [0.1, 0.15) is 17.1 Å². The van der Waals surface area contributed by atoms with Crippen molar-refractivity contribution in [2.75, 3.05) is 5.73 Å². The number of rotatable bonds is 1. The minimum atomic E-state index is -0.476. The number of anilines is 1. The van der Waals surface area contributed by atoms with Gasteiger partial charge in [0.05, 0.1) is 0 Å². The molecule has 0 aromatic carbocycles. The molecular formula is C10H16N2O2. The summed E-state index contributed by atoms with van der Waals surface area (Å²) >= 11 is 0. The lowest BCUT2D eigenvalue weighted by atomic mass is 10.2. The number of nitrogens with two attached hydrogens (primary N) is 1. The smallest absolute Gasteiger partial charge is 0.355 e. The van der Waals surface area contributed by atoms with E-state index in [-0.39, 0.29) is 5.97 Å². The molecule has 4 heteroatoms. The Labute approximate surface area is 83.7 Å². The van der Waals surface area contributed by atoms with Gasteiger partial charge in [-0.15, -0.1) is 0 Å². The normalized spacial score (nSPS) is 11.4. The third kappa shape index (κ3) is 2.28. The van der Waals surface area contributed by atoms with Crippen LogP contribution in [0.5, 0.6) is 0 Å². The largest absolute Gasteiger partial charge is 0.455 e. The lowest BCUT2D eigenvalue weighted by Gasteiger charge is -2.19. The number of hydrogen-bond donors (Lipinski definition) is 1. The highest BCUT2D eigenvalue weighted by Gasteiger charge is 2.20. The maximum atomic E-state index is 11.6. The van der Waals surface area contributed by atoms with Gasteiger partial charge >= 0.3 is 5.97 Å². The Morgan fingerprint density at radius 2 is 2.00 bits per heavy atom. The molecule has 0 unspecified atom stereocenters. The van der Waals surface area contributed by atoms with E-state index >= 15 is 0 Å². The van der Waals surface area contributed by atoms with E-state index in [1.54, 1.807) is 23.7 Å². The van der Waals surface area contributed by atoms with Crippen LogP contribution >= 0.6 is 0 Å². The first-order valence-electron chi connectivity index (χ1n) is 4.46. The first-order chi connectivity index (χ1) is 6.31. The lowest BCUT2D eigenvalue weighted by molar-refractivity contribution is 0.00592. The zero-order valence-electron chi connectivity index (χ0n) is 9.00. The molecule has 0 fully saturated rings. The van der Waals surface area contributed by atoms with Gasteiger partial charge in [-0.05, 0) is 32.9 Å². The van der Waals surface area contributed by atoms with Crippen molar-refractivity contribution in [3.05, 3.63) is 17.8 Å². The summed E-state index contributed by atoms with van der Waals surface area (Å²) in [7, 11) is 1.73. The summed E-state index contributed by atoms with van der Waals surface area (Å²) in [5.41, 5.74) is 5.59. The van der Waals surface area contributed by atoms with Crippen LogP contribution in [0.2, 0.25) is 0 Å². The van der Waals surface area contributed by atoms with Crippen LogP contribution < -0.4 is 5.73 Å². The molecule has 4 nitrogen and oxygen atoms in total. The van der Waals surface area contributed by atoms with Gasteiger partial charge in [0.15, 0.2) is 0 Å². The Morgan fingerprint density at radius 1 is 1.43 bits per heavy atom. The zero-order valence-corrected chi connectivity index (χ0v) is 9.00. The van der Waals surface area contributed by atoms with Crippen LogP contribution in [0, 0.1) is 0 Å². The van der Waals surface area contributed by atoms with E-state index in [0.29, 0.717) is 11.5 Å². The number of ether oxygens (including phenoxy) is 1. The van der Waals surface area contributed by atoms with Crippen molar-refractivity contribution in [1.82, 2.24) is 4.57 Å². The Morgan fingerprint density at radius 3 is 2.36 bits per heavy atom. The van der Waals surface area contributed by atoms with E-state index < -0.39 is 5.60 Å². The van der Waals surface area contributed by atoms with Crippen molar-refractivity contribution >= 4 is 11.8 Å². The third-order valence-electron chi connectivity index (χ3n) is 1.77. The van der Waals surface area contributed by atoms with Gasteiger partial charge < -0.3 is 15.0 Å². The molecule has 0 spiro atoms. The van der Waals surface area contributed by atoms with E-state index in [1.807, 2.05) is 20.8 Å². The van der Waals surface area contributed by atoms with Gasteiger partial charge in [0.25, 0.3) is 0 Å². The first kappa shape index (κ1) is 10.6. The summed E-state index contributed by atoms with van der Waals surface area (Å²) < 4.78 is 6.81. The number of carbonyl (C=O) groups is 1. The Kier molecular flexibility index (Phi) is 2.55.